The van der Waals surface area contributed by atoms with E-state index in [-0.39, 0.29) is 36.5 Å². The Hall–Kier alpha value is -2.87. The van der Waals surface area contributed by atoms with E-state index in [0.29, 0.717) is 10.7 Å². The first-order chi connectivity index (χ1) is 15.8. The largest absolute Gasteiger partial charge is 0.461 e. The summed E-state index contributed by atoms with van der Waals surface area (Å²) in [5, 5.41) is 8.02. The number of halogens is 1. The van der Waals surface area contributed by atoms with E-state index < -0.39 is 17.4 Å². The molecule has 0 bridgehead atoms. The summed E-state index contributed by atoms with van der Waals surface area (Å²) in [4.78, 5) is 41.1. The molecule has 1 aliphatic carbocycles. The molecule has 2 aliphatic rings. The van der Waals surface area contributed by atoms with Crippen LogP contribution in [0.1, 0.15) is 73.3 Å². The number of carbonyl (C=O) groups excluding carboxylic acids is 3. The molecule has 1 aromatic carbocycles. The molecule has 1 saturated carbocycles. The average Bonchev–Trinajstić information content (AvgIpc) is 3.04. The van der Waals surface area contributed by atoms with Crippen LogP contribution in [0.2, 0.25) is 5.02 Å². The van der Waals surface area contributed by atoms with Crippen LogP contribution in [0.3, 0.4) is 0 Å². The number of carbonyl (C=O) groups is 3. The molecule has 1 atom stereocenters. The van der Waals surface area contributed by atoms with Crippen molar-refractivity contribution in [3.05, 3.63) is 46.7 Å². The molecule has 0 radical (unpaired) electrons. The third-order valence-electron chi connectivity index (χ3n) is 6.40. The summed E-state index contributed by atoms with van der Waals surface area (Å²) < 4.78 is 6.48. The van der Waals surface area contributed by atoms with E-state index in [0.717, 1.165) is 25.7 Å². The van der Waals surface area contributed by atoms with E-state index in [1.165, 1.54) is 28.5 Å². The molecule has 1 aromatic heterocycles. The second kappa shape index (κ2) is 9.55. The first-order valence-electron chi connectivity index (χ1n) is 11.5. The van der Waals surface area contributed by atoms with Gasteiger partial charge >= 0.3 is 5.97 Å². The van der Waals surface area contributed by atoms with Crippen LogP contribution in [-0.2, 0) is 16.1 Å². The smallest absolute Gasteiger partial charge is 0.358 e. The third kappa shape index (κ3) is 4.62. The van der Waals surface area contributed by atoms with E-state index in [1.54, 1.807) is 38.1 Å². The van der Waals surface area contributed by atoms with Crippen molar-refractivity contribution in [2.45, 2.75) is 70.5 Å². The SMILES string of the molecule is CCOC(=O)c1cc2n(n1)CC(C)(C(=O)NC1CCCCCC1)N(c1ccc(Cl)cc1)C2=O. The maximum Gasteiger partial charge on any atom is 0.358 e. The van der Waals surface area contributed by atoms with Crippen molar-refractivity contribution in [2.24, 2.45) is 0 Å². The summed E-state index contributed by atoms with van der Waals surface area (Å²) in [7, 11) is 0. The lowest BCUT2D eigenvalue weighted by Gasteiger charge is -2.43. The van der Waals surface area contributed by atoms with Gasteiger partial charge in [-0.2, -0.15) is 5.10 Å². The van der Waals surface area contributed by atoms with E-state index >= 15 is 0 Å². The molecule has 8 nitrogen and oxygen atoms in total. The maximum atomic E-state index is 13.7. The van der Waals surface area contributed by atoms with Gasteiger partial charge in [0.05, 0.1) is 13.2 Å². The molecule has 9 heteroatoms. The fourth-order valence-electron chi connectivity index (χ4n) is 4.65. The van der Waals surface area contributed by atoms with Crippen molar-refractivity contribution >= 4 is 35.1 Å². The summed E-state index contributed by atoms with van der Waals surface area (Å²) in [6.45, 7) is 3.75. The standard InChI is InChI=1S/C24H29ClN4O4/c1-3-33-22(31)19-14-20-21(30)29(18-12-10-16(25)11-13-18)24(2,15-28(20)27-19)23(32)26-17-8-6-4-5-7-9-17/h10-14,17H,3-9,15H2,1-2H3,(H,26,32). The Morgan fingerprint density at radius 2 is 1.85 bits per heavy atom. The van der Waals surface area contributed by atoms with Gasteiger partial charge in [0.2, 0.25) is 5.91 Å². The number of ether oxygens (including phenoxy) is 1. The molecule has 1 aliphatic heterocycles. The third-order valence-corrected chi connectivity index (χ3v) is 6.65. The molecule has 2 heterocycles. The molecule has 0 saturated heterocycles. The lowest BCUT2D eigenvalue weighted by molar-refractivity contribution is -0.127. The maximum absolute atomic E-state index is 13.7. The van der Waals surface area contributed by atoms with Crippen LogP contribution in [0.15, 0.2) is 30.3 Å². The highest BCUT2D eigenvalue weighted by Crippen LogP contribution is 2.34. The van der Waals surface area contributed by atoms with Gasteiger partial charge in [0.25, 0.3) is 5.91 Å². The minimum atomic E-state index is -1.25. The van der Waals surface area contributed by atoms with Crippen LogP contribution in [0.4, 0.5) is 5.69 Å². The highest BCUT2D eigenvalue weighted by Gasteiger charge is 2.49. The van der Waals surface area contributed by atoms with Gasteiger partial charge in [0, 0.05) is 22.8 Å². The van der Waals surface area contributed by atoms with Crippen LogP contribution in [-0.4, -0.2) is 45.8 Å². The number of nitrogens with one attached hydrogen (secondary N) is 1. The molecule has 1 N–H and O–H groups in total. The Morgan fingerprint density at radius 3 is 2.48 bits per heavy atom. The summed E-state index contributed by atoms with van der Waals surface area (Å²) in [6, 6.07) is 8.30. The number of amides is 2. The molecule has 4 rings (SSSR count). The van der Waals surface area contributed by atoms with Gasteiger partial charge in [-0.1, -0.05) is 37.3 Å². The quantitative estimate of drug-likeness (QED) is 0.525. The average molecular weight is 473 g/mol. The molecule has 33 heavy (non-hydrogen) atoms. The van der Waals surface area contributed by atoms with Gasteiger partial charge in [0.15, 0.2) is 5.69 Å². The molecule has 1 fully saturated rings. The van der Waals surface area contributed by atoms with Gasteiger partial charge in [-0.15, -0.1) is 0 Å². The summed E-state index contributed by atoms with van der Waals surface area (Å²) in [5.74, 6) is -1.25. The molecule has 176 valence electrons. The Balaban J connectivity index is 1.72. The number of esters is 1. The minimum absolute atomic E-state index is 0.0460. The van der Waals surface area contributed by atoms with Crippen molar-refractivity contribution < 1.29 is 19.1 Å². The Bertz CT molecular complexity index is 1040. The minimum Gasteiger partial charge on any atom is -0.461 e. The predicted octanol–water partition coefficient (Wildman–Crippen LogP) is 3.97. The van der Waals surface area contributed by atoms with Crippen molar-refractivity contribution in [1.82, 2.24) is 15.1 Å². The van der Waals surface area contributed by atoms with Crippen LogP contribution in [0.5, 0.6) is 0 Å². The van der Waals surface area contributed by atoms with Gasteiger partial charge in [-0.05, 0) is 51.0 Å². The Morgan fingerprint density at radius 1 is 1.18 bits per heavy atom. The second-order valence-corrected chi connectivity index (χ2v) is 9.28. The fraction of sp³-hybridized carbons (Fsp3) is 0.500. The molecule has 2 amide bonds. The van der Waals surface area contributed by atoms with Crippen molar-refractivity contribution in [2.75, 3.05) is 11.5 Å². The topological polar surface area (TPSA) is 93.5 Å². The van der Waals surface area contributed by atoms with Crippen LogP contribution < -0.4 is 10.2 Å². The Kier molecular flexibility index (Phi) is 6.74. The summed E-state index contributed by atoms with van der Waals surface area (Å²) in [5.41, 5.74) is -0.423. The molecule has 0 spiro atoms. The second-order valence-electron chi connectivity index (χ2n) is 8.85. The van der Waals surface area contributed by atoms with Crippen LogP contribution >= 0.6 is 11.6 Å². The lowest BCUT2D eigenvalue weighted by Crippen LogP contribution is -2.65. The van der Waals surface area contributed by atoms with Crippen LogP contribution in [0.25, 0.3) is 0 Å². The van der Waals surface area contributed by atoms with Gasteiger partial charge in [-0.25, -0.2) is 4.79 Å². The zero-order chi connectivity index (χ0) is 23.6. The van der Waals surface area contributed by atoms with Crippen molar-refractivity contribution in [1.29, 1.82) is 0 Å². The normalized spacial score (nSPS) is 21.3. The van der Waals surface area contributed by atoms with Crippen molar-refractivity contribution in [3.63, 3.8) is 0 Å². The predicted molar refractivity (Wildman–Crippen MR) is 124 cm³/mol. The molecular weight excluding hydrogens is 444 g/mol. The van der Waals surface area contributed by atoms with E-state index in [2.05, 4.69) is 10.4 Å². The van der Waals surface area contributed by atoms with E-state index in [9.17, 15) is 14.4 Å². The molecular formula is C24H29ClN4O4. The van der Waals surface area contributed by atoms with Gasteiger partial charge in [-0.3, -0.25) is 19.2 Å². The highest BCUT2D eigenvalue weighted by atomic mass is 35.5. The number of anilines is 1. The summed E-state index contributed by atoms with van der Waals surface area (Å²) in [6.07, 6.45) is 6.35. The number of hydrogen-bond donors (Lipinski definition) is 1. The number of hydrogen-bond acceptors (Lipinski definition) is 5. The molecule has 2 aromatic rings. The lowest BCUT2D eigenvalue weighted by atomic mass is 9.93. The zero-order valence-electron chi connectivity index (χ0n) is 19.0. The number of benzene rings is 1. The first kappa shape index (κ1) is 23.3. The zero-order valence-corrected chi connectivity index (χ0v) is 19.7. The number of fused-ring (bicyclic) bond motifs is 1. The number of nitrogens with zero attached hydrogens (tertiary/aromatic N) is 3. The van der Waals surface area contributed by atoms with Crippen molar-refractivity contribution in [3.8, 4) is 0 Å². The van der Waals surface area contributed by atoms with E-state index in [4.69, 9.17) is 16.3 Å². The first-order valence-corrected chi connectivity index (χ1v) is 11.9. The monoisotopic (exact) mass is 472 g/mol. The summed E-state index contributed by atoms with van der Waals surface area (Å²) >= 11 is 6.07. The van der Waals surface area contributed by atoms with Gasteiger partial charge in [0.1, 0.15) is 11.2 Å². The fourth-order valence-corrected chi connectivity index (χ4v) is 4.77. The number of rotatable bonds is 5. The highest BCUT2D eigenvalue weighted by molar-refractivity contribution is 6.30. The van der Waals surface area contributed by atoms with E-state index in [1.807, 2.05) is 0 Å². The molecule has 1 unspecified atom stereocenters. The van der Waals surface area contributed by atoms with Gasteiger partial charge < -0.3 is 10.1 Å². The number of aromatic nitrogens is 2. The van der Waals surface area contributed by atoms with Crippen LogP contribution in [0, 0.1) is 0 Å². The Labute approximate surface area is 198 Å².